The number of amides is 2. The van der Waals surface area contributed by atoms with Gasteiger partial charge in [-0.2, -0.15) is 0 Å². The van der Waals surface area contributed by atoms with Crippen LogP contribution in [0.15, 0.2) is 42.6 Å². The van der Waals surface area contributed by atoms with Crippen LogP contribution in [-0.4, -0.2) is 30.1 Å². The largest absolute Gasteiger partial charge is 0.371 e. The second kappa shape index (κ2) is 7.39. The molecule has 0 bridgehead atoms. The molecular weight excluding hydrogens is 360 g/mol. The highest BCUT2D eigenvalue weighted by Gasteiger charge is 2.48. The Hall–Kier alpha value is -2.27. The molecule has 2 amide bonds. The minimum Gasteiger partial charge on any atom is -0.371 e. The van der Waals surface area contributed by atoms with Gasteiger partial charge in [-0.05, 0) is 61.4 Å². The number of hydrogen-bond acceptors (Lipinski definition) is 3. The molecule has 1 spiro atoms. The number of nitrogens with one attached hydrogen (secondary N) is 2. The lowest BCUT2D eigenvalue weighted by Crippen LogP contribution is -2.54. The molecule has 1 saturated heterocycles. The van der Waals surface area contributed by atoms with Crippen molar-refractivity contribution in [3.8, 4) is 0 Å². The summed E-state index contributed by atoms with van der Waals surface area (Å²) >= 11 is 5.88. The number of anilines is 1. The normalized spacial score (nSPS) is 23.9. The Balaban J connectivity index is 1.22. The van der Waals surface area contributed by atoms with Crippen molar-refractivity contribution in [2.45, 2.75) is 38.8 Å². The Kier molecular flexibility index (Phi) is 4.96. The molecular formula is C21H25ClN4O. The summed E-state index contributed by atoms with van der Waals surface area (Å²) in [7, 11) is 0. The third-order valence-electron chi connectivity index (χ3n) is 5.74. The minimum absolute atomic E-state index is 0.0931. The van der Waals surface area contributed by atoms with Crippen molar-refractivity contribution in [1.29, 1.82) is 0 Å². The maximum absolute atomic E-state index is 12.1. The van der Waals surface area contributed by atoms with E-state index in [-0.39, 0.29) is 12.1 Å². The Morgan fingerprint density at radius 1 is 1.30 bits per heavy atom. The van der Waals surface area contributed by atoms with Gasteiger partial charge in [0.1, 0.15) is 0 Å². The van der Waals surface area contributed by atoms with Crippen LogP contribution in [0.2, 0.25) is 5.02 Å². The first kappa shape index (κ1) is 18.1. The number of carbonyl (C=O) groups excluding carboxylic acids is 1. The number of rotatable bonds is 4. The summed E-state index contributed by atoms with van der Waals surface area (Å²) in [6.45, 7) is 4.69. The summed E-state index contributed by atoms with van der Waals surface area (Å²) in [6, 6.07) is 11.9. The number of carbonyl (C=O) groups is 1. The van der Waals surface area contributed by atoms with E-state index < -0.39 is 0 Å². The Morgan fingerprint density at radius 3 is 2.81 bits per heavy atom. The van der Waals surface area contributed by atoms with Crippen LogP contribution in [0, 0.1) is 12.3 Å². The highest BCUT2D eigenvalue weighted by Crippen LogP contribution is 2.49. The van der Waals surface area contributed by atoms with Gasteiger partial charge in [0.05, 0.1) is 0 Å². The molecule has 27 heavy (non-hydrogen) atoms. The van der Waals surface area contributed by atoms with Gasteiger partial charge < -0.3 is 15.5 Å². The van der Waals surface area contributed by atoms with Crippen molar-refractivity contribution in [2.24, 2.45) is 5.41 Å². The Labute approximate surface area is 165 Å². The number of aryl methyl sites for hydroxylation is 1. The molecule has 0 radical (unpaired) electrons. The summed E-state index contributed by atoms with van der Waals surface area (Å²) < 4.78 is 0. The van der Waals surface area contributed by atoms with Gasteiger partial charge in [-0.3, -0.25) is 4.98 Å². The highest BCUT2D eigenvalue weighted by molar-refractivity contribution is 6.30. The maximum atomic E-state index is 12.1. The zero-order chi connectivity index (χ0) is 18.9. The quantitative estimate of drug-likeness (QED) is 0.840. The molecule has 2 aliphatic rings. The van der Waals surface area contributed by atoms with Crippen molar-refractivity contribution >= 4 is 23.3 Å². The van der Waals surface area contributed by atoms with Gasteiger partial charge in [0.25, 0.3) is 0 Å². The monoisotopic (exact) mass is 384 g/mol. The van der Waals surface area contributed by atoms with Gasteiger partial charge in [0, 0.05) is 48.3 Å². The number of halogens is 1. The van der Waals surface area contributed by atoms with Gasteiger partial charge in [-0.15, -0.1) is 0 Å². The first-order valence-corrected chi connectivity index (χ1v) is 9.86. The molecule has 2 N–H and O–H groups in total. The third-order valence-corrected chi connectivity index (χ3v) is 6.00. The van der Waals surface area contributed by atoms with Crippen LogP contribution in [0.25, 0.3) is 0 Å². The number of benzene rings is 1. The lowest BCUT2D eigenvalue weighted by Gasteiger charge is -2.45. The van der Waals surface area contributed by atoms with Crippen molar-refractivity contribution in [1.82, 2.24) is 15.6 Å². The zero-order valence-electron chi connectivity index (χ0n) is 15.5. The van der Waals surface area contributed by atoms with E-state index in [2.05, 4.69) is 32.7 Å². The molecule has 4 rings (SSSR count). The lowest BCUT2D eigenvalue weighted by atomic mass is 9.65. The molecule has 0 unspecified atom stereocenters. The molecule has 2 fully saturated rings. The van der Waals surface area contributed by atoms with Crippen LogP contribution >= 0.6 is 11.6 Å². The van der Waals surface area contributed by atoms with Gasteiger partial charge in [0.2, 0.25) is 0 Å². The predicted molar refractivity (Wildman–Crippen MR) is 108 cm³/mol. The molecule has 2 heterocycles. The third kappa shape index (κ3) is 4.19. The van der Waals surface area contributed by atoms with Crippen LogP contribution in [-0.2, 0) is 6.54 Å². The Morgan fingerprint density at radius 2 is 2.07 bits per heavy atom. The second-order valence-corrected chi connectivity index (χ2v) is 8.32. The molecule has 5 nitrogen and oxygen atoms in total. The fourth-order valence-corrected chi connectivity index (χ4v) is 4.45. The van der Waals surface area contributed by atoms with Crippen LogP contribution in [0.4, 0.5) is 10.5 Å². The molecule has 6 heteroatoms. The molecule has 1 aliphatic carbocycles. The van der Waals surface area contributed by atoms with E-state index in [4.69, 9.17) is 11.6 Å². The number of nitrogens with zero attached hydrogens (tertiary/aromatic N) is 2. The molecule has 1 aliphatic heterocycles. The van der Waals surface area contributed by atoms with E-state index in [0.717, 1.165) is 37.2 Å². The summed E-state index contributed by atoms with van der Waals surface area (Å²) in [4.78, 5) is 18.9. The van der Waals surface area contributed by atoms with Crippen LogP contribution in [0.5, 0.6) is 0 Å². The van der Waals surface area contributed by atoms with E-state index in [1.54, 1.807) is 0 Å². The average molecular weight is 385 g/mol. The van der Waals surface area contributed by atoms with E-state index in [1.807, 2.05) is 37.4 Å². The zero-order valence-corrected chi connectivity index (χ0v) is 16.3. The van der Waals surface area contributed by atoms with E-state index in [1.165, 1.54) is 12.1 Å². The van der Waals surface area contributed by atoms with Gasteiger partial charge >= 0.3 is 6.03 Å². The second-order valence-electron chi connectivity index (χ2n) is 7.89. The fraction of sp³-hybridized carbons (Fsp3) is 0.429. The topological polar surface area (TPSA) is 57.3 Å². The van der Waals surface area contributed by atoms with Gasteiger partial charge in [0.15, 0.2) is 0 Å². The van der Waals surface area contributed by atoms with Gasteiger partial charge in [-0.25, -0.2) is 4.79 Å². The lowest BCUT2D eigenvalue weighted by molar-refractivity contribution is 0.111. The van der Waals surface area contributed by atoms with Crippen LogP contribution < -0.4 is 15.5 Å². The summed E-state index contributed by atoms with van der Waals surface area (Å²) in [6.07, 6.45) is 5.19. The number of aromatic nitrogens is 1. The first-order valence-electron chi connectivity index (χ1n) is 9.48. The minimum atomic E-state index is -0.0931. The number of hydrogen-bond donors (Lipinski definition) is 2. The predicted octanol–water partition coefficient (Wildman–Crippen LogP) is 3.90. The SMILES string of the molecule is Cc1cc(N2CCC3(CC(NC(=O)NCc4ccc(Cl)cc4)C3)C2)ccn1. The average Bonchev–Trinajstić information content (AvgIpc) is 3.06. The molecule has 1 aromatic heterocycles. The van der Waals surface area contributed by atoms with Crippen molar-refractivity contribution in [3.05, 3.63) is 58.9 Å². The van der Waals surface area contributed by atoms with Crippen LogP contribution in [0.3, 0.4) is 0 Å². The summed E-state index contributed by atoms with van der Waals surface area (Å²) in [5.41, 5.74) is 3.71. The molecule has 1 aromatic carbocycles. The molecule has 0 atom stereocenters. The summed E-state index contributed by atoms with van der Waals surface area (Å²) in [5.74, 6) is 0. The molecule has 1 saturated carbocycles. The first-order chi connectivity index (χ1) is 13.0. The van der Waals surface area contributed by atoms with Crippen molar-refractivity contribution in [2.75, 3.05) is 18.0 Å². The Bertz CT molecular complexity index is 817. The van der Waals surface area contributed by atoms with Crippen molar-refractivity contribution in [3.63, 3.8) is 0 Å². The van der Waals surface area contributed by atoms with Crippen molar-refractivity contribution < 1.29 is 4.79 Å². The van der Waals surface area contributed by atoms with E-state index in [9.17, 15) is 4.79 Å². The van der Waals surface area contributed by atoms with E-state index >= 15 is 0 Å². The standard InChI is InChI=1S/C21H25ClN4O/c1-15-10-19(6-8-23-15)26-9-7-21(14-26)11-18(12-21)25-20(27)24-13-16-2-4-17(22)5-3-16/h2-6,8,10,18H,7,9,11-14H2,1H3,(H2,24,25,27). The number of urea groups is 1. The smallest absolute Gasteiger partial charge is 0.315 e. The van der Waals surface area contributed by atoms with Gasteiger partial charge in [-0.1, -0.05) is 23.7 Å². The molecule has 2 aromatic rings. The fourth-order valence-electron chi connectivity index (χ4n) is 4.32. The maximum Gasteiger partial charge on any atom is 0.315 e. The highest BCUT2D eigenvalue weighted by atomic mass is 35.5. The van der Waals surface area contributed by atoms with Crippen LogP contribution in [0.1, 0.15) is 30.5 Å². The molecule has 142 valence electrons. The van der Waals surface area contributed by atoms with E-state index in [0.29, 0.717) is 17.0 Å². The summed E-state index contributed by atoms with van der Waals surface area (Å²) in [5, 5.41) is 6.74. The number of pyridine rings is 1.